The predicted molar refractivity (Wildman–Crippen MR) is 240 cm³/mol. The molecule has 8 aromatic rings. The number of carbonyl (C=O) groups is 2. The van der Waals surface area contributed by atoms with Crippen LogP contribution in [0.15, 0.2) is 122 Å². The number of amides is 2. The van der Waals surface area contributed by atoms with E-state index >= 15 is 0 Å². The van der Waals surface area contributed by atoms with Gasteiger partial charge in [-0.3, -0.25) is 9.59 Å². The minimum atomic E-state index is -0.952. The molecular formula is C47H46N10O8. The number of carbonyl (C=O) groups excluding carboxylic acids is 2. The molecule has 0 unspecified atom stereocenters. The fraction of sp³-hybridized carbons (Fsp3) is 0.234. The Balaban J connectivity index is 0.000000178. The van der Waals surface area contributed by atoms with E-state index in [4.69, 9.17) is 29.2 Å². The highest BCUT2D eigenvalue weighted by Gasteiger charge is 2.33. The molecule has 2 atom stereocenters. The molecule has 0 saturated carbocycles. The molecule has 18 nitrogen and oxygen atoms in total. The minimum Gasteiger partial charge on any atom is -0.491 e. The lowest BCUT2D eigenvalue weighted by atomic mass is 10.1. The topological polar surface area (TPSA) is 222 Å². The fourth-order valence-electron chi connectivity index (χ4n) is 6.91. The molecule has 2 aromatic carbocycles. The van der Waals surface area contributed by atoms with Gasteiger partial charge < -0.3 is 39.8 Å². The molecule has 65 heavy (non-hydrogen) atoms. The van der Waals surface area contributed by atoms with Gasteiger partial charge >= 0.3 is 0 Å². The molecule has 1 fully saturated rings. The third-order valence-electron chi connectivity index (χ3n) is 9.96. The zero-order chi connectivity index (χ0) is 45.5. The van der Waals surface area contributed by atoms with E-state index in [9.17, 15) is 14.7 Å². The molecule has 0 bridgehead atoms. The number of benzene rings is 2. The lowest BCUT2D eigenvalue weighted by Crippen LogP contribution is -2.25. The number of nitrogens with one attached hydrogen (secondary N) is 2. The number of aliphatic hydroxyl groups excluding tert-OH is 2. The first kappa shape index (κ1) is 44.0. The van der Waals surface area contributed by atoms with Crippen molar-refractivity contribution in [3.63, 3.8) is 0 Å². The summed E-state index contributed by atoms with van der Waals surface area (Å²) >= 11 is 0. The lowest BCUT2D eigenvalue weighted by Gasteiger charge is -2.17. The first-order valence-electron chi connectivity index (χ1n) is 20.7. The second-order valence-electron chi connectivity index (χ2n) is 15.4. The van der Waals surface area contributed by atoms with E-state index in [2.05, 4.69) is 35.7 Å². The average molecular weight is 879 g/mol. The Bertz CT molecular complexity index is 2940. The molecule has 0 spiro atoms. The van der Waals surface area contributed by atoms with Crippen molar-refractivity contribution in [2.75, 3.05) is 37.1 Å². The number of ether oxygens (including phenoxy) is 4. The maximum absolute atomic E-state index is 13.0. The predicted octanol–water partition coefficient (Wildman–Crippen LogP) is 5.97. The molecular weight excluding hydrogens is 833 g/mol. The first-order valence-corrected chi connectivity index (χ1v) is 20.7. The summed E-state index contributed by atoms with van der Waals surface area (Å²) < 4.78 is 25.9. The van der Waals surface area contributed by atoms with Gasteiger partial charge in [0.25, 0.3) is 11.8 Å². The van der Waals surface area contributed by atoms with Gasteiger partial charge in [-0.1, -0.05) is 36.4 Å². The van der Waals surface area contributed by atoms with Crippen LogP contribution in [-0.4, -0.2) is 106 Å². The summed E-state index contributed by atoms with van der Waals surface area (Å²) in [5.74, 6) is 0.856. The maximum Gasteiger partial charge on any atom is 0.277 e. The highest BCUT2D eigenvalue weighted by Crippen LogP contribution is 2.27. The largest absolute Gasteiger partial charge is 0.491 e. The normalized spacial score (nSPS) is 14.6. The third-order valence-corrected chi connectivity index (χ3v) is 9.96. The first-order chi connectivity index (χ1) is 31.4. The van der Waals surface area contributed by atoms with E-state index < -0.39 is 11.9 Å². The van der Waals surface area contributed by atoms with E-state index in [0.29, 0.717) is 81.8 Å². The van der Waals surface area contributed by atoms with Gasteiger partial charge in [0, 0.05) is 23.5 Å². The van der Waals surface area contributed by atoms with Crippen molar-refractivity contribution in [3.05, 3.63) is 144 Å². The molecule has 7 heterocycles. The second kappa shape index (κ2) is 19.4. The number of pyridine rings is 2. The quantitative estimate of drug-likeness (QED) is 0.105. The Morgan fingerprint density at radius 2 is 1.26 bits per heavy atom. The fourth-order valence-corrected chi connectivity index (χ4v) is 6.91. The average Bonchev–Trinajstić information content (AvgIpc) is 3.97. The molecule has 2 amide bonds. The molecule has 1 aliphatic heterocycles. The summed E-state index contributed by atoms with van der Waals surface area (Å²) in [6, 6.07) is 32.7. The maximum atomic E-state index is 13.0. The number of aryl methyl sites for hydroxylation is 2. The summed E-state index contributed by atoms with van der Waals surface area (Å²) in [5.41, 5.74) is 5.86. The van der Waals surface area contributed by atoms with Crippen molar-refractivity contribution in [2.24, 2.45) is 0 Å². The number of hydrogen-bond donors (Lipinski definition) is 4. The molecule has 0 radical (unpaired) electrons. The van der Waals surface area contributed by atoms with Crippen LogP contribution in [-0.2, 0) is 9.47 Å². The van der Waals surface area contributed by atoms with Crippen LogP contribution in [0.2, 0.25) is 0 Å². The number of aromatic nitrogens is 8. The van der Waals surface area contributed by atoms with Crippen LogP contribution >= 0.6 is 0 Å². The number of rotatable bonds is 13. The van der Waals surface area contributed by atoms with Crippen LogP contribution in [0.3, 0.4) is 0 Å². The van der Waals surface area contributed by atoms with Gasteiger partial charge in [0.15, 0.2) is 28.5 Å². The van der Waals surface area contributed by atoms with Crippen molar-refractivity contribution in [2.45, 2.75) is 45.7 Å². The highest BCUT2D eigenvalue weighted by molar-refractivity contribution is 6.04. The Labute approximate surface area is 372 Å². The van der Waals surface area contributed by atoms with E-state index in [1.807, 2.05) is 68.4 Å². The monoisotopic (exact) mass is 878 g/mol. The van der Waals surface area contributed by atoms with Crippen LogP contribution in [0.25, 0.3) is 33.8 Å². The number of hydrogen-bond acceptors (Lipinski definition) is 14. The van der Waals surface area contributed by atoms with Crippen LogP contribution in [0.5, 0.6) is 11.5 Å². The molecule has 332 valence electrons. The SMILES string of the molecule is Cc1nc2ccc(-c3cccc(OC[C@H](O)CO)c3)nn2c1C(=O)Nc1ccccn1.Cc1nc2ccc(-c3cccc(OC[C@H]4COC(C)(C)O4)c3)nn2c1C(=O)Nc1ccccn1. The van der Waals surface area contributed by atoms with Gasteiger partial charge in [0.1, 0.15) is 48.6 Å². The van der Waals surface area contributed by atoms with Gasteiger partial charge in [0.05, 0.1) is 36.0 Å². The van der Waals surface area contributed by atoms with Crippen LogP contribution in [0.1, 0.15) is 46.2 Å². The summed E-state index contributed by atoms with van der Waals surface area (Å²) in [5, 5.41) is 33.3. The van der Waals surface area contributed by atoms with Gasteiger partial charge in [-0.05, 0) is 100 Å². The van der Waals surface area contributed by atoms with E-state index in [-0.39, 0.29) is 31.1 Å². The van der Waals surface area contributed by atoms with Crippen molar-refractivity contribution < 1.29 is 38.7 Å². The van der Waals surface area contributed by atoms with E-state index in [1.54, 1.807) is 85.4 Å². The minimum absolute atomic E-state index is 0.0228. The molecule has 9 rings (SSSR count). The number of nitrogens with zero attached hydrogens (tertiary/aromatic N) is 8. The number of fused-ring (bicyclic) bond motifs is 2. The van der Waals surface area contributed by atoms with Gasteiger partial charge in [0.2, 0.25) is 0 Å². The number of aliphatic hydroxyl groups is 2. The second-order valence-corrected chi connectivity index (χ2v) is 15.4. The van der Waals surface area contributed by atoms with Crippen molar-refractivity contribution in [1.82, 2.24) is 39.2 Å². The standard InChI is InChI=1S/C25H25N5O4.C22H21N5O4/c1-16-23(24(31)28-21-9-4-5-12-26-21)30-22(27-16)11-10-20(29-30)17-7-6-8-18(13-17)32-14-19-15-33-25(2,3)34-19;1-14-21(22(30)25-19-7-2-3-10-23-19)27-20(24-14)9-8-18(26-27)15-5-4-6-17(11-15)31-13-16(29)12-28/h4-13,19H,14-15H2,1-3H3,(H,26,28,31);2-11,16,28-29H,12-13H2,1H3,(H,23,25,30)/t19-;16-/m01/s1. The molecule has 6 aromatic heterocycles. The Hall–Kier alpha value is -7.64. The lowest BCUT2D eigenvalue weighted by molar-refractivity contribution is -0.141. The Kier molecular flexibility index (Phi) is 13.1. The van der Waals surface area contributed by atoms with Crippen LogP contribution in [0.4, 0.5) is 11.6 Å². The number of anilines is 2. The van der Waals surface area contributed by atoms with Crippen molar-refractivity contribution >= 4 is 34.7 Å². The van der Waals surface area contributed by atoms with Crippen LogP contribution in [0, 0.1) is 13.8 Å². The number of imidazole rings is 2. The van der Waals surface area contributed by atoms with Gasteiger partial charge in [-0.15, -0.1) is 0 Å². The Morgan fingerprint density at radius 3 is 1.72 bits per heavy atom. The summed E-state index contributed by atoms with van der Waals surface area (Å²) in [4.78, 5) is 43.0. The van der Waals surface area contributed by atoms with Crippen molar-refractivity contribution in [1.29, 1.82) is 0 Å². The summed E-state index contributed by atoms with van der Waals surface area (Å²) in [6.45, 7) is 7.80. The van der Waals surface area contributed by atoms with E-state index in [1.165, 1.54) is 4.52 Å². The third kappa shape index (κ3) is 10.6. The van der Waals surface area contributed by atoms with Crippen LogP contribution < -0.4 is 20.1 Å². The highest BCUT2D eigenvalue weighted by atomic mass is 16.7. The zero-order valence-corrected chi connectivity index (χ0v) is 36.0. The summed E-state index contributed by atoms with van der Waals surface area (Å²) in [7, 11) is 0. The zero-order valence-electron chi connectivity index (χ0n) is 36.0. The van der Waals surface area contributed by atoms with Crippen molar-refractivity contribution in [3.8, 4) is 34.0 Å². The Morgan fingerprint density at radius 1 is 0.738 bits per heavy atom. The van der Waals surface area contributed by atoms with Gasteiger partial charge in [-0.2, -0.15) is 10.2 Å². The molecule has 0 aliphatic carbocycles. The van der Waals surface area contributed by atoms with Gasteiger partial charge in [-0.25, -0.2) is 29.0 Å². The van der Waals surface area contributed by atoms with E-state index in [0.717, 1.165) is 11.1 Å². The smallest absolute Gasteiger partial charge is 0.277 e. The summed E-state index contributed by atoms with van der Waals surface area (Å²) in [6.07, 6.45) is 2.14. The molecule has 1 saturated heterocycles. The molecule has 18 heteroatoms. The molecule has 4 N–H and O–H groups in total. The molecule has 1 aliphatic rings.